The van der Waals surface area contributed by atoms with Crippen LogP contribution >= 0.6 is 0 Å². The summed E-state index contributed by atoms with van der Waals surface area (Å²) in [5.41, 5.74) is 0. The first-order valence-electron chi connectivity index (χ1n) is 5.25. The maximum atomic E-state index is 11.2. The number of nitrogens with one attached hydrogen (secondary N) is 2. The smallest absolute Gasteiger partial charge is 0.233 e. The Morgan fingerprint density at radius 1 is 1.43 bits per heavy atom. The average molecular weight is 198 g/mol. The summed E-state index contributed by atoms with van der Waals surface area (Å²) in [5, 5.41) is 5.93. The molecule has 0 saturated heterocycles. The van der Waals surface area contributed by atoms with Gasteiger partial charge in [-0.25, -0.2) is 0 Å². The van der Waals surface area contributed by atoms with Crippen LogP contribution in [0.15, 0.2) is 12.2 Å². The highest BCUT2D eigenvalue weighted by atomic mass is 16.1. The minimum absolute atomic E-state index is 0.0826. The number of hydrogen-bond acceptors (Lipinski definition) is 2. The van der Waals surface area contributed by atoms with Gasteiger partial charge in [-0.1, -0.05) is 26.0 Å². The fraction of sp³-hybridized carbons (Fsp3) is 0.727. The molecule has 0 heterocycles. The molecule has 0 aliphatic heterocycles. The topological polar surface area (TPSA) is 41.1 Å². The van der Waals surface area contributed by atoms with Gasteiger partial charge in [0.2, 0.25) is 5.91 Å². The van der Waals surface area contributed by atoms with E-state index in [4.69, 9.17) is 0 Å². The maximum absolute atomic E-state index is 11.2. The van der Waals surface area contributed by atoms with E-state index in [0.29, 0.717) is 12.5 Å². The maximum Gasteiger partial charge on any atom is 0.233 e. The molecule has 0 aromatic rings. The molecule has 0 saturated carbocycles. The van der Waals surface area contributed by atoms with E-state index in [0.717, 1.165) is 19.5 Å². The predicted molar refractivity (Wildman–Crippen MR) is 60.1 cm³/mol. The summed E-state index contributed by atoms with van der Waals surface area (Å²) in [6, 6.07) is 0. The van der Waals surface area contributed by atoms with Gasteiger partial charge in [-0.2, -0.15) is 0 Å². The van der Waals surface area contributed by atoms with Crippen molar-refractivity contribution in [3.05, 3.63) is 12.2 Å². The molecule has 0 radical (unpaired) electrons. The van der Waals surface area contributed by atoms with Crippen molar-refractivity contribution in [2.45, 2.75) is 27.2 Å². The molecular formula is C11H22N2O. The number of hydrogen-bond donors (Lipinski definition) is 2. The molecule has 0 aromatic heterocycles. The Hall–Kier alpha value is -0.830. The third-order valence-corrected chi connectivity index (χ3v) is 1.72. The van der Waals surface area contributed by atoms with Gasteiger partial charge in [-0.3, -0.25) is 4.79 Å². The van der Waals surface area contributed by atoms with E-state index >= 15 is 0 Å². The van der Waals surface area contributed by atoms with Crippen molar-refractivity contribution in [3.63, 3.8) is 0 Å². The molecule has 0 unspecified atom stereocenters. The fourth-order valence-electron chi connectivity index (χ4n) is 0.934. The third kappa shape index (κ3) is 9.26. The first-order valence-corrected chi connectivity index (χ1v) is 5.25. The second-order valence-corrected chi connectivity index (χ2v) is 3.73. The van der Waals surface area contributed by atoms with Crippen LogP contribution in [0, 0.1) is 5.92 Å². The first-order chi connectivity index (χ1) is 6.66. The molecule has 2 N–H and O–H groups in total. The summed E-state index contributed by atoms with van der Waals surface area (Å²) in [6.07, 6.45) is 5.08. The lowest BCUT2D eigenvalue weighted by molar-refractivity contribution is -0.120. The zero-order valence-corrected chi connectivity index (χ0v) is 9.47. The minimum Gasteiger partial charge on any atom is -0.355 e. The second-order valence-electron chi connectivity index (χ2n) is 3.73. The largest absolute Gasteiger partial charge is 0.355 e. The van der Waals surface area contributed by atoms with Gasteiger partial charge in [-0.15, -0.1) is 0 Å². The first kappa shape index (κ1) is 13.2. The third-order valence-electron chi connectivity index (χ3n) is 1.72. The summed E-state index contributed by atoms with van der Waals surface area (Å²) in [4.78, 5) is 11.2. The Morgan fingerprint density at radius 3 is 2.71 bits per heavy atom. The molecular weight excluding hydrogens is 176 g/mol. The quantitative estimate of drug-likeness (QED) is 0.478. The normalized spacial score (nSPS) is 11.1. The molecule has 1 amide bonds. The molecule has 0 atom stereocenters. The Kier molecular flexibility index (Phi) is 8.24. The van der Waals surface area contributed by atoms with E-state index in [1.165, 1.54) is 0 Å². The van der Waals surface area contributed by atoms with E-state index in [1.807, 2.05) is 13.0 Å². The van der Waals surface area contributed by atoms with Gasteiger partial charge >= 0.3 is 0 Å². The summed E-state index contributed by atoms with van der Waals surface area (Å²) in [7, 11) is 0. The van der Waals surface area contributed by atoms with Gasteiger partial charge in [0.25, 0.3) is 0 Å². The van der Waals surface area contributed by atoms with Gasteiger partial charge in [0, 0.05) is 6.54 Å². The number of rotatable bonds is 7. The van der Waals surface area contributed by atoms with Crippen LogP contribution in [0.2, 0.25) is 0 Å². The molecule has 0 aliphatic rings. The van der Waals surface area contributed by atoms with Crippen molar-refractivity contribution < 1.29 is 4.79 Å². The van der Waals surface area contributed by atoms with E-state index < -0.39 is 0 Å². The van der Waals surface area contributed by atoms with Crippen LogP contribution in [-0.2, 0) is 4.79 Å². The average Bonchev–Trinajstić information content (AvgIpc) is 2.14. The molecule has 0 bridgehead atoms. The highest BCUT2D eigenvalue weighted by molar-refractivity contribution is 5.77. The number of carbonyl (C=O) groups is 1. The molecule has 14 heavy (non-hydrogen) atoms. The monoisotopic (exact) mass is 198 g/mol. The van der Waals surface area contributed by atoms with Crippen LogP contribution < -0.4 is 10.6 Å². The number of amides is 1. The lowest BCUT2D eigenvalue weighted by atomic mass is 10.2. The molecule has 0 rings (SSSR count). The van der Waals surface area contributed by atoms with Gasteiger partial charge in [-0.05, 0) is 25.8 Å². The van der Waals surface area contributed by atoms with Gasteiger partial charge in [0.1, 0.15) is 0 Å². The highest BCUT2D eigenvalue weighted by Gasteiger charge is 2.00. The van der Waals surface area contributed by atoms with Crippen LogP contribution in [0.4, 0.5) is 0 Å². The van der Waals surface area contributed by atoms with Gasteiger partial charge in [0.15, 0.2) is 0 Å². The van der Waals surface area contributed by atoms with Crippen molar-refractivity contribution in [1.29, 1.82) is 0 Å². The Morgan fingerprint density at radius 2 is 2.14 bits per heavy atom. The number of carbonyl (C=O) groups excluding carboxylic acids is 1. The standard InChI is InChI=1S/C11H22N2O/c1-4-5-6-7-12-9-11(14)13-8-10(2)3/h4-5,10,12H,6-9H2,1-3H3,(H,13,14)/b5-4+. The van der Waals surface area contributed by atoms with Gasteiger partial charge in [0.05, 0.1) is 6.54 Å². The fourth-order valence-corrected chi connectivity index (χ4v) is 0.934. The van der Waals surface area contributed by atoms with Crippen molar-refractivity contribution >= 4 is 5.91 Å². The molecule has 0 aliphatic carbocycles. The van der Waals surface area contributed by atoms with E-state index in [2.05, 4.69) is 30.6 Å². The summed E-state index contributed by atoms with van der Waals surface area (Å²) >= 11 is 0. The van der Waals surface area contributed by atoms with Crippen LogP contribution in [0.25, 0.3) is 0 Å². The molecule has 3 nitrogen and oxygen atoms in total. The van der Waals surface area contributed by atoms with E-state index in [-0.39, 0.29) is 5.91 Å². The molecule has 0 fully saturated rings. The Bertz CT molecular complexity index is 176. The SMILES string of the molecule is C/C=C/CCNCC(=O)NCC(C)C. The second kappa shape index (κ2) is 8.75. The van der Waals surface area contributed by atoms with Crippen molar-refractivity contribution in [3.8, 4) is 0 Å². The lowest BCUT2D eigenvalue weighted by Crippen LogP contribution is -2.36. The predicted octanol–water partition coefficient (Wildman–Crippen LogP) is 1.31. The summed E-state index contributed by atoms with van der Waals surface area (Å²) in [5.74, 6) is 0.598. The van der Waals surface area contributed by atoms with Crippen LogP contribution in [0.5, 0.6) is 0 Å². The van der Waals surface area contributed by atoms with Crippen molar-refractivity contribution in [2.75, 3.05) is 19.6 Å². The van der Waals surface area contributed by atoms with E-state index in [1.54, 1.807) is 0 Å². The van der Waals surface area contributed by atoms with Crippen LogP contribution in [0.1, 0.15) is 27.2 Å². The van der Waals surface area contributed by atoms with Crippen molar-refractivity contribution in [1.82, 2.24) is 10.6 Å². The zero-order valence-electron chi connectivity index (χ0n) is 9.47. The van der Waals surface area contributed by atoms with Crippen LogP contribution in [-0.4, -0.2) is 25.5 Å². The molecule has 82 valence electrons. The minimum atomic E-state index is 0.0826. The van der Waals surface area contributed by atoms with Gasteiger partial charge < -0.3 is 10.6 Å². The molecule has 3 heteroatoms. The molecule has 0 spiro atoms. The molecule has 0 aromatic carbocycles. The summed E-state index contributed by atoms with van der Waals surface area (Å²) in [6.45, 7) is 8.20. The lowest BCUT2D eigenvalue weighted by Gasteiger charge is -2.07. The Labute approximate surface area is 87.0 Å². The highest BCUT2D eigenvalue weighted by Crippen LogP contribution is 1.86. The van der Waals surface area contributed by atoms with Crippen molar-refractivity contribution in [2.24, 2.45) is 5.92 Å². The zero-order chi connectivity index (χ0) is 10.8. The Balaban J connectivity index is 3.27. The summed E-state index contributed by atoms with van der Waals surface area (Å²) < 4.78 is 0. The van der Waals surface area contributed by atoms with E-state index in [9.17, 15) is 4.79 Å². The van der Waals surface area contributed by atoms with Crippen LogP contribution in [0.3, 0.4) is 0 Å². The number of allylic oxidation sites excluding steroid dienone is 1.